The van der Waals surface area contributed by atoms with E-state index in [1.165, 1.54) is 0 Å². The van der Waals surface area contributed by atoms with E-state index in [4.69, 9.17) is 6.42 Å². The molecule has 1 amide bonds. The summed E-state index contributed by atoms with van der Waals surface area (Å²) in [6, 6.07) is -0.192. The second kappa shape index (κ2) is 4.47. The lowest BCUT2D eigenvalue weighted by molar-refractivity contribution is -0.128. The van der Waals surface area contributed by atoms with Crippen molar-refractivity contribution in [2.24, 2.45) is 0 Å². The molecule has 0 aromatic rings. The van der Waals surface area contributed by atoms with Gasteiger partial charge in [0.05, 0.1) is 11.6 Å². The summed E-state index contributed by atoms with van der Waals surface area (Å²) in [6.07, 6.45) is 8.34. The highest BCUT2D eigenvalue weighted by Gasteiger charge is 2.34. The zero-order valence-corrected chi connectivity index (χ0v) is 8.89. The van der Waals surface area contributed by atoms with Gasteiger partial charge in [0.1, 0.15) is 0 Å². The molecule has 3 heteroatoms. The Hall–Kier alpha value is -1.01. The summed E-state index contributed by atoms with van der Waals surface area (Å²) in [7, 11) is 0. The average molecular weight is 194 g/mol. The number of hydrogen-bond donors (Lipinski definition) is 2. The number of piperidine rings is 1. The van der Waals surface area contributed by atoms with Crippen molar-refractivity contribution in [1.82, 2.24) is 10.6 Å². The van der Waals surface area contributed by atoms with E-state index in [2.05, 4.69) is 16.6 Å². The van der Waals surface area contributed by atoms with Crippen molar-refractivity contribution in [2.45, 2.75) is 44.7 Å². The first kappa shape index (κ1) is 11.1. The second-order valence-corrected chi connectivity index (χ2v) is 4.08. The summed E-state index contributed by atoms with van der Waals surface area (Å²) in [4.78, 5) is 11.8. The molecule has 0 aromatic carbocycles. The van der Waals surface area contributed by atoms with Crippen LogP contribution >= 0.6 is 0 Å². The fourth-order valence-electron chi connectivity index (χ4n) is 1.65. The predicted octanol–water partition coefficient (Wildman–Crippen LogP) is 0.656. The number of nitrogens with one attached hydrogen (secondary N) is 2. The van der Waals surface area contributed by atoms with Gasteiger partial charge in [-0.25, -0.2) is 0 Å². The normalized spacial score (nSPS) is 28.9. The van der Waals surface area contributed by atoms with Crippen molar-refractivity contribution >= 4 is 5.91 Å². The van der Waals surface area contributed by atoms with Gasteiger partial charge in [-0.1, -0.05) is 5.92 Å². The van der Waals surface area contributed by atoms with Gasteiger partial charge in [-0.05, 0) is 39.7 Å². The predicted molar refractivity (Wildman–Crippen MR) is 56.7 cm³/mol. The van der Waals surface area contributed by atoms with Crippen molar-refractivity contribution in [3.05, 3.63) is 0 Å². The molecular formula is C11H18N2O. The Morgan fingerprint density at radius 2 is 2.36 bits per heavy atom. The van der Waals surface area contributed by atoms with E-state index in [1.807, 2.05) is 13.8 Å². The topological polar surface area (TPSA) is 41.1 Å². The molecule has 3 nitrogen and oxygen atoms in total. The minimum absolute atomic E-state index is 0.0163. The first-order valence-electron chi connectivity index (χ1n) is 5.10. The number of rotatable bonds is 2. The number of carbonyl (C=O) groups excluding carboxylic acids is 1. The maximum absolute atomic E-state index is 11.8. The van der Waals surface area contributed by atoms with Gasteiger partial charge in [0.15, 0.2) is 0 Å². The van der Waals surface area contributed by atoms with Crippen LogP contribution < -0.4 is 10.6 Å². The Labute approximate surface area is 85.6 Å². The van der Waals surface area contributed by atoms with Crippen molar-refractivity contribution in [1.29, 1.82) is 0 Å². The maximum atomic E-state index is 11.8. The number of terminal acetylenes is 1. The largest absolute Gasteiger partial charge is 0.341 e. The third-order valence-electron chi connectivity index (χ3n) is 2.72. The minimum Gasteiger partial charge on any atom is -0.341 e. The van der Waals surface area contributed by atoms with Crippen LogP contribution in [0.15, 0.2) is 0 Å². The summed E-state index contributed by atoms with van der Waals surface area (Å²) in [5.41, 5.74) is -0.427. The molecule has 0 aromatic heterocycles. The minimum atomic E-state index is -0.427. The average Bonchev–Trinajstić information content (AvgIpc) is 2.18. The van der Waals surface area contributed by atoms with Crippen LogP contribution in [-0.2, 0) is 4.79 Å². The van der Waals surface area contributed by atoms with E-state index < -0.39 is 5.54 Å². The molecule has 1 rings (SSSR count). The molecule has 1 heterocycles. The molecule has 0 bridgehead atoms. The molecular weight excluding hydrogens is 176 g/mol. The van der Waals surface area contributed by atoms with Gasteiger partial charge < -0.3 is 10.6 Å². The smallest absolute Gasteiger partial charge is 0.240 e. The van der Waals surface area contributed by atoms with Gasteiger partial charge in [-0.15, -0.1) is 6.42 Å². The summed E-state index contributed by atoms with van der Waals surface area (Å²) in [5, 5.41) is 6.05. The third-order valence-corrected chi connectivity index (χ3v) is 2.72. The van der Waals surface area contributed by atoms with Gasteiger partial charge in [-0.2, -0.15) is 0 Å². The molecule has 14 heavy (non-hydrogen) atoms. The first-order valence-corrected chi connectivity index (χ1v) is 5.10. The summed E-state index contributed by atoms with van der Waals surface area (Å²) in [6.45, 7) is 4.66. The van der Waals surface area contributed by atoms with Crippen LogP contribution in [0.1, 0.15) is 33.1 Å². The van der Waals surface area contributed by atoms with Crippen LogP contribution in [0.5, 0.6) is 0 Å². The van der Waals surface area contributed by atoms with Crippen LogP contribution in [-0.4, -0.2) is 24.0 Å². The zero-order chi connectivity index (χ0) is 10.6. The second-order valence-electron chi connectivity index (χ2n) is 4.08. The number of hydrogen-bond acceptors (Lipinski definition) is 2. The number of amides is 1. The van der Waals surface area contributed by atoms with Crippen LogP contribution in [0.3, 0.4) is 0 Å². The molecule has 1 fully saturated rings. The molecule has 78 valence electrons. The summed E-state index contributed by atoms with van der Waals surface area (Å²) >= 11 is 0. The molecule has 0 spiro atoms. The molecule has 0 radical (unpaired) electrons. The van der Waals surface area contributed by atoms with Crippen LogP contribution in [0.4, 0.5) is 0 Å². The molecule has 0 aliphatic carbocycles. The van der Waals surface area contributed by atoms with Gasteiger partial charge in [0.25, 0.3) is 0 Å². The summed E-state index contributed by atoms with van der Waals surface area (Å²) in [5.74, 6) is 2.51. The lowest BCUT2D eigenvalue weighted by atomic mass is 9.90. The van der Waals surface area contributed by atoms with Crippen LogP contribution in [0.25, 0.3) is 0 Å². The Morgan fingerprint density at radius 1 is 1.64 bits per heavy atom. The lowest BCUT2D eigenvalue weighted by Crippen LogP contribution is -2.58. The van der Waals surface area contributed by atoms with E-state index >= 15 is 0 Å². The highest BCUT2D eigenvalue weighted by molar-refractivity contribution is 5.86. The quantitative estimate of drug-likeness (QED) is 0.634. The van der Waals surface area contributed by atoms with E-state index in [-0.39, 0.29) is 11.9 Å². The molecule has 1 saturated heterocycles. The maximum Gasteiger partial charge on any atom is 0.240 e. The van der Waals surface area contributed by atoms with E-state index in [9.17, 15) is 4.79 Å². The zero-order valence-electron chi connectivity index (χ0n) is 8.89. The van der Waals surface area contributed by atoms with E-state index in [0.29, 0.717) is 0 Å². The summed E-state index contributed by atoms with van der Waals surface area (Å²) < 4.78 is 0. The third kappa shape index (κ3) is 2.49. The highest BCUT2D eigenvalue weighted by Crippen LogP contribution is 2.18. The molecule has 1 aliphatic heterocycles. The Bertz CT molecular complexity index is 249. The molecule has 2 atom stereocenters. The highest BCUT2D eigenvalue weighted by atomic mass is 16.2. The van der Waals surface area contributed by atoms with Crippen molar-refractivity contribution in [3.8, 4) is 12.3 Å². The van der Waals surface area contributed by atoms with Gasteiger partial charge in [0.2, 0.25) is 5.91 Å². The monoisotopic (exact) mass is 194 g/mol. The molecule has 0 saturated carbocycles. The molecule has 2 N–H and O–H groups in total. The molecule has 2 unspecified atom stereocenters. The van der Waals surface area contributed by atoms with Gasteiger partial charge in [-0.3, -0.25) is 4.79 Å². The fraction of sp³-hybridized carbons (Fsp3) is 0.727. The Balaban J connectivity index is 2.54. The lowest BCUT2D eigenvalue weighted by Gasteiger charge is -2.33. The first-order chi connectivity index (χ1) is 6.58. The van der Waals surface area contributed by atoms with Crippen molar-refractivity contribution in [2.75, 3.05) is 6.54 Å². The fourth-order valence-corrected chi connectivity index (χ4v) is 1.65. The van der Waals surface area contributed by atoms with Crippen LogP contribution in [0.2, 0.25) is 0 Å². The van der Waals surface area contributed by atoms with Crippen molar-refractivity contribution < 1.29 is 4.79 Å². The standard InChI is InChI=1S/C11H18N2O/c1-4-9(2)13-10(14)11(3)7-5-6-8-12-11/h1,9,12H,5-8H2,2-3H3,(H,13,14). The molecule has 1 aliphatic rings. The Morgan fingerprint density at radius 3 is 2.86 bits per heavy atom. The van der Waals surface area contributed by atoms with Gasteiger partial charge in [0, 0.05) is 0 Å². The van der Waals surface area contributed by atoms with E-state index in [1.54, 1.807) is 0 Å². The Kier molecular flexibility index (Phi) is 3.54. The van der Waals surface area contributed by atoms with Gasteiger partial charge >= 0.3 is 0 Å². The van der Waals surface area contributed by atoms with Crippen molar-refractivity contribution in [3.63, 3.8) is 0 Å². The van der Waals surface area contributed by atoms with E-state index in [0.717, 1.165) is 25.8 Å². The van der Waals surface area contributed by atoms with Crippen LogP contribution in [0, 0.1) is 12.3 Å². The number of carbonyl (C=O) groups is 1. The SMILES string of the molecule is C#CC(C)NC(=O)C1(C)CCCCN1.